The molecule has 3 aromatic rings. The van der Waals surface area contributed by atoms with Crippen LogP contribution in [0.3, 0.4) is 0 Å². The maximum atomic E-state index is 13.6. The summed E-state index contributed by atoms with van der Waals surface area (Å²) in [5.74, 6) is -0.481. The van der Waals surface area contributed by atoms with Crippen LogP contribution < -0.4 is 15.4 Å². The first-order chi connectivity index (χ1) is 15.4. The molecule has 0 aliphatic carbocycles. The SMILES string of the molecule is CCCCCCOc1ccccc1Nc1nc(Nc2ccc(F)cc2)ncc1C(F)(F)F. The first-order valence-electron chi connectivity index (χ1n) is 10.3. The van der Waals surface area contributed by atoms with Crippen LogP contribution in [0.2, 0.25) is 0 Å². The van der Waals surface area contributed by atoms with E-state index >= 15 is 0 Å². The lowest BCUT2D eigenvalue weighted by atomic mass is 10.2. The number of hydrogen-bond donors (Lipinski definition) is 2. The van der Waals surface area contributed by atoms with Crippen LogP contribution in [0.25, 0.3) is 0 Å². The molecule has 32 heavy (non-hydrogen) atoms. The van der Waals surface area contributed by atoms with Gasteiger partial charge < -0.3 is 15.4 Å². The second kappa shape index (κ2) is 10.8. The van der Waals surface area contributed by atoms with Crippen LogP contribution in [0.5, 0.6) is 5.75 Å². The maximum Gasteiger partial charge on any atom is 0.421 e. The largest absolute Gasteiger partial charge is 0.491 e. The molecule has 0 atom stereocenters. The molecule has 0 saturated carbocycles. The number of halogens is 4. The fourth-order valence-corrected chi connectivity index (χ4v) is 2.94. The normalized spacial score (nSPS) is 11.3. The standard InChI is InChI=1S/C23H24F4N4O/c1-2-3-4-7-14-32-20-9-6-5-8-19(20)30-21-18(23(25,26)27)15-28-22(31-21)29-17-12-10-16(24)11-13-17/h5-6,8-13,15H,2-4,7,14H2,1H3,(H2,28,29,30,31). The summed E-state index contributed by atoms with van der Waals surface area (Å²) in [5.41, 5.74) is -0.215. The highest BCUT2D eigenvalue weighted by atomic mass is 19.4. The molecule has 2 aromatic carbocycles. The molecule has 0 aliphatic rings. The molecule has 170 valence electrons. The summed E-state index contributed by atoms with van der Waals surface area (Å²) in [4.78, 5) is 7.77. The van der Waals surface area contributed by atoms with Crippen molar-refractivity contribution in [3.63, 3.8) is 0 Å². The Morgan fingerprint density at radius 3 is 2.41 bits per heavy atom. The predicted octanol–water partition coefficient (Wildman–Crippen LogP) is 7.08. The van der Waals surface area contributed by atoms with Crippen molar-refractivity contribution in [2.45, 2.75) is 38.8 Å². The monoisotopic (exact) mass is 448 g/mol. The number of aromatic nitrogens is 2. The van der Waals surface area contributed by atoms with E-state index in [1.165, 1.54) is 24.3 Å². The minimum atomic E-state index is -4.66. The first-order valence-corrected chi connectivity index (χ1v) is 10.3. The van der Waals surface area contributed by atoms with Crippen molar-refractivity contribution in [2.75, 3.05) is 17.2 Å². The van der Waals surface area contributed by atoms with Crippen LogP contribution in [0, 0.1) is 5.82 Å². The van der Waals surface area contributed by atoms with E-state index in [2.05, 4.69) is 27.5 Å². The van der Waals surface area contributed by atoms with Gasteiger partial charge in [0.15, 0.2) is 0 Å². The molecular formula is C23H24F4N4O. The smallest absolute Gasteiger partial charge is 0.421 e. The van der Waals surface area contributed by atoms with E-state index in [1.54, 1.807) is 24.3 Å². The van der Waals surface area contributed by atoms with E-state index in [0.717, 1.165) is 25.7 Å². The molecule has 0 aliphatic heterocycles. The Morgan fingerprint density at radius 1 is 0.938 bits per heavy atom. The molecule has 1 heterocycles. The Balaban J connectivity index is 1.83. The summed E-state index contributed by atoms with van der Waals surface area (Å²) in [6.45, 7) is 2.57. The van der Waals surface area contributed by atoms with E-state index in [0.29, 0.717) is 29.9 Å². The zero-order valence-electron chi connectivity index (χ0n) is 17.5. The first kappa shape index (κ1) is 23.3. The van der Waals surface area contributed by atoms with Gasteiger partial charge in [-0.1, -0.05) is 38.3 Å². The van der Waals surface area contributed by atoms with E-state index in [4.69, 9.17) is 4.74 Å². The molecule has 9 heteroatoms. The average Bonchev–Trinajstić information content (AvgIpc) is 2.76. The van der Waals surface area contributed by atoms with Gasteiger partial charge in [-0.05, 0) is 42.8 Å². The van der Waals surface area contributed by atoms with Crippen LogP contribution >= 0.6 is 0 Å². The van der Waals surface area contributed by atoms with Gasteiger partial charge in [-0.2, -0.15) is 18.2 Å². The lowest BCUT2D eigenvalue weighted by molar-refractivity contribution is -0.137. The van der Waals surface area contributed by atoms with Crippen molar-refractivity contribution < 1.29 is 22.3 Å². The van der Waals surface area contributed by atoms with Crippen molar-refractivity contribution in [1.82, 2.24) is 9.97 Å². The number of nitrogens with one attached hydrogen (secondary N) is 2. The highest BCUT2D eigenvalue weighted by Gasteiger charge is 2.35. The fourth-order valence-electron chi connectivity index (χ4n) is 2.94. The number of benzene rings is 2. The van der Waals surface area contributed by atoms with E-state index < -0.39 is 23.4 Å². The molecule has 0 spiro atoms. The highest BCUT2D eigenvalue weighted by molar-refractivity contribution is 5.67. The molecule has 2 N–H and O–H groups in total. The Hall–Kier alpha value is -3.36. The summed E-state index contributed by atoms with van der Waals surface area (Å²) < 4.78 is 59.6. The fraction of sp³-hybridized carbons (Fsp3) is 0.304. The lowest BCUT2D eigenvalue weighted by Crippen LogP contribution is -2.13. The van der Waals surface area contributed by atoms with Gasteiger partial charge in [0.2, 0.25) is 5.95 Å². The number of unbranched alkanes of at least 4 members (excludes halogenated alkanes) is 3. The second-order valence-corrected chi connectivity index (χ2v) is 7.12. The average molecular weight is 448 g/mol. The molecular weight excluding hydrogens is 424 g/mol. The van der Waals surface area contributed by atoms with Gasteiger partial charge in [0.25, 0.3) is 0 Å². The van der Waals surface area contributed by atoms with E-state index in [9.17, 15) is 17.6 Å². The van der Waals surface area contributed by atoms with Gasteiger partial charge in [0.05, 0.1) is 12.3 Å². The molecule has 3 rings (SSSR count). The number of nitrogens with zero attached hydrogens (tertiary/aromatic N) is 2. The topological polar surface area (TPSA) is 59.1 Å². The van der Waals surface area contributed by atoms with E-state index in [-0.39, 0.29) is 5.95 Å². The van der Waals surface area contributed by atoms with Gasteiger partial charge in [-0.3, -0.25) is 0 Å². The summed E-state index contributed by atoms with van der Waals surface area (Å²) in [7, 11) is 0. The number of anilines is 4. The number of ether oxygens (including phenoxy) is 1. The minimum Gasteiger partial charge on any atom is -0.491 e. The Labute approximate surface area is 183 Å². The quantitative estimate of drug-likeness (QED) is 0.256. The van der Waals surface area contributed by atoms with Crippen LogP contribution in [-0.4, -0.2) is 16.6 Å². The van der Waals surface area contributed by atoms with Gasteiger partial charge in [0, 0.05) is 11.9 Å². The van der Waals surface area contributed by atoms with Crippen molar-refractivity contribution in [3.8, 4) is 5.75 Å². The summed E-state index contributed by atoms with van der Waals surface area (Å²) >= 11 is 0. The number of alkyl halides is 3. The Bertz CT molecular complexity index is 1010. The molecule has 0 amide bonds. The molecule has 5 nitrogen and oxygen atoms in total. The van der Waals surface area contributed by atoms with Crippen molar-refractivity contribution in [2.24, 2.45) is 0 Å². The Morgan fingerprint density at radius 2 is 1.69 bits per heavy atom. The van der Waals surface area contributed by atoms with Crippen LogP contribution in [0.1, 0.15) is 38.2 Å². The van der Waals surface area contributed by atoms with Gasteiger partial charge in [-0.25, -0.2) is 9.37 Å². The maximum absolute atomic E-state index is 13.6. The number of hydrogen-bond acceptors (Lipinski definition) is 5. The predicted molar refractivity (Wildman–Crippen MR) is 116 cm³/mol. The Kier molecular flexibility index (Phi) is 7.86. The minimum absolute atomic E-state index is 0.0647. The van der Waals surface area contributed by atoms with Crippen LogP contribution in [0.4, 0.5) is 40.7 Å². The van der Waals surface area contributed by atoms with Crippen LogP contribution in [0.15, 0.2) is 54.7 Å². The van der Waals surface area contributed by atoms with Crippen molar-refractivity contribution in [3.05, 3.63) is 66.1 Å². The summed E-state index contributed by atoms with van der Waals surface area (Å²) in [5, 5.41) is 5.52. The van der Waals surface area contributed by atoms with Gasteiger partial charge in [-0.15, -0.1) is 0 Å². The van der Waals surface area contributed by atoms with Crippen molar-refractivity contribution in [1.29, 1.82) is 0 Å². The van der Waals surface area contributed by atoms with E-state index in [1.807, 2.05) is 0 Å². The lowest BCUT2D eigenvalue weighted by Gasteiger charge is -2.17. The zero-order valence-corrected chi connectivity index (χ0v) is 17.5. The number of para-hydroxylation sites is 2. The third-order valence-corrected chi connectivity index (χ3v) is 4.59. The third-order valence-electron chi connectivity index (χ3n) is 4.59. The molecule has 0 saturated heterocycles. The van der Waals surface area contributed by atoms with Gasteiger partial charge in [0.1, 0.15) is 22.9 Å². The van der Waals surface area contributed by atoms with Gasteiger partial charge >= 0.3 is 6.18 Å². The highest BCUT2D eigenvalue weighted by Crippen LogP contribution is 2.37. The molecule has 0 fully saturated rings. The molecule has 0 unspecified atom stereocenters. The summed E-state index contributed by atoms with van der Waals surface area (Å²) in [6, 6.07) is 12.1. The summed E-state index contributed by atoms with van der Waals surface area (Å²) in [6.07, 6.45) is 0.120. The molecule has 1 aromatic heterocycles. The third kappa shape index (κ3) is 6.57. The number of rotatable bonds is 10. The van der Waals surface area contributed by atoms with Crippen LogP contribution in [-0.2, 0) is 6.18 Å². The second-order valence-electron chi connectivity index (χ2n) is 7.12. The zero-order chi connectivity index (χ0) is 23.0. The van der Waals surface area contributed by atoms with Crippen molar-refractivity contribution >= 4 is 23.1 Å². The molecule has 0 radical (unpaired) electrons. The molecule has 0 bridgehead atoms.